The first-order chi connectivity index (χ1) is 17.7. The number of halogens is 3. The maximum absolute atomic E-state index is 13.4. The number of aliphatic hydroxyl groups is 2. The lowest BCUT2D eigenvalue weighted by Gasteiger charge is -2.35. The fourth-order valence-corrected chi connectivity index (χ4v) is 4.25. The van der Waals surface area contributed by atoms with Gasteiger partial charge in [-0.1, -0.05) is 12.1 Å². The van der Waals surface area contributed by atoms with Crippen LogP contribution in [0.5, 0.6) is 5.88 Å². The van der Waals surface area contributed by atoms with Crippen LogP contribution in [0, 0.1) is 0 Å². The first-order valence-corrected chi connectivity index (χ1v) is 11.4. The van der Waals surface area contributed by atoms with Crippen LogP contribution >= 0.6 is 0 Å². The number of hydrogen-bond donors (Lipinski definition) is 3. The molecule has 2 aliphatic heterocycles. The van der Waals surface area contributed by atoms with E-state index < -0.39 is 30.5 Å². The van der Waals surface area contributed by atoms with Crippen LogP contribution in [0.2, 0.25) is 0 Å². The molecule has 0 saturated carbocycles. The van der Waals surface area contributed by atoms with Gasteiger partial charge in [-0.25, -0.2) is 14.8 Å². The number of fused-ring (bicyclic) bond motifs is 4. The van der Waals surface area contributed by atoms with Gasteiger partial charge in [-0.15, -0.1) is 5.10 Å². The molecule has 0 aliphatic carbocycles. The second kappa shape index (κ2) is 9.78. The van der Waals surface area contributed by atoms with Crippen molar-refractivity contribution in [1.29, 1.82) is 0 Å². The Morgan fingerprint density at radius 2 is 2.11 bits per heavy atom. The summed E-state index contributed by atoms with van der Waals surface area (Å²) in [5, 5.41) is 28.6. The van der Waals surface area contributed by atoms with E-state index in [4.69, 9.17) is 9.84 Å². The number of urea groups is 1. The Hall–Kier alpha value is -4.04. The van der Waals surface area contributed by atoms with Gasteiger partial charge < -0.3 is 25.2 Å². The van der Waals surface area contributed by atoms with Crippen LogP contribution < -0.4 is 19.9 Å². The number of alkyl halides is 3. The summed E-state index contributed by atoms with van der Waals surface area (Å²) in [5.74, 6) is 0.387. The van der Waals surface area contributed by atoms with Crippen molar-refractivity contribution >= 4 is 23.2 Å². The lowest BCUT2D eigenvalue weighted by molar-refractivity contribution is -0.137. The highest BCUT2D eigenvalue weighted by Gasteiger charge is 2.41. The predicted molar refractivity (Wildman–Crippen MR) is 125 cm³/mol. The minimum atomic E-state index is -4.52. The van der Waals surface area contributed by atoms with E-state index >= 15 is 0 Å². The fraction of sp³-hybridized carbons (Fsp3) is 0.348. The maximum Gasteiger partial charge on any atom is 0.416 e. The molecule has 1 aromatic carbocycles. The van der Waals surface area contributed by atoms with E-state index in [1.807, 2.05) is 4.90 Å². The summed E-state index contributed by atoms with van der Waals surface area (Å²) in [6, 6.07) is 5.40. The van der Waals surface area contributed by atoms with Gasteiger partial charge in [0.05, 0.1) is 42.0 Å². The number of amides is 2. The Morgan fingerprint density at radius 3 is 2.89 bits per heavy atom. The van der Waals surface area contributed by atoms with Crippen molar-refractivity contribution in [2.24, 2.45) is 0 Å². The van der Waals surface area contributed by atoms with Crippen molar-refractivity contribution in [3.63, 3.8) is 0 Å². The van der Waals surface area contributed by atoms with Crippen molar-refractivity contribution in [1.82, 2.24) is 20.2 Å². The minimum absolute atomic E-state index is 0.0329. The standard InChI is InChI=1S/C23H22F3N7O4/c24-23(25,26)14-3-1-2-13(6-14)20-27-9-18-21(30-20)33(16-4-5-32(18)10-16)22(36)29-15-7-19(31-28-8-15)37-12-17(35)11-34/h1-3,6-9,16-17,34-35H,4-5,10-12H2,(H,29,31,36)/t16-,17+/m0/s1. The fourth-order valence-electron chi connectivity index (χ4n) is 4.25. The molecule has 37 heavy (non-hydrogen) atoms. The molecule has 4 heterocycles. The molecule has 1 saturated heterocycles. The molecule has 14 heteroatoms. The molecule has 2 amide bonds. The predicted octanol–water partition coefficient (Wildman–Crippen LogP) is 2.32. The van der Waals surface area contributed by atoms with E-state index in [1.165, 1.54) is 35.5 Å². The highest BCUT2D eigenvalue weighted by atomic mass is 19.4. The Labute approximate surface area is 208 Å². The van der Waals surface area contributed by atoms with Crippen LogP contribution in [0.1, 0.15) is 12.0 Å². The smallest absolute Gasteiger partial charge is 0.416 e. The molecule has 0 unspecified atom stereocenters. The van der Waals surface area contributed by atoms with Gasteiger partial charge in [0.1, 0.15) is 12.7 Å². The van der Waals surface area contributed by atoms with Crippen molar-refractivity contribution in [3.8, 4) is 17.3 Å². The zero-order valence-electron chi connectivity index (χ0n) is 19.3. The van der Waals surface area contributed by atoms with Gasteiger partial charge in [0.2, 0.25) is 5.88 Å². The number of carbonyl (C=O) groups is 1. The summed E-state index contributed by atoms with van der Waals surface area (Å²) in [4.78, 5) is 25.7. The highest BCUT2D eigenvalue weighted by molar-refractivity contribution is 6.04. The third-order valence-electron chi connectivity index (χ3n) is 6.03. The van der Waals surface area contributed by atoms with Crippen molar-refractivity contribution < 1.29 is 32.9 Å². The zero-order valence-corrected chi connectivity index (χ0v) is 19.3. The average molecular weight is 517 g/mol. The number of aliphatic hydroxyl groups excluding tert-OH is 2. The van der Waals surface area contributed by atoms with E-state index in [2.05, 4.69) is 25.5 Å². The van der Waals surface area contributed by atoms with E-state index in [0.717, 1.165) is 12.1 Å². The summed E-state index contributed by atoms with van der Waals surface area (Å²) in [7, 11) is 0. The number of hydrogen-bond acceptors (Lipinski definition) is 9. The number of anilines is 3. The van der Waals surface area contributed by atoms with E-state index in [1.54, 1.807) is 0 Å². The number of benzene rings is 1. The molecular weight excluding hydrogens is 495 g/mol. The Kier molecular flexibility index (Phi) is 6.52. The lowest BCUT2D eigenvalue weighted by atomic mass is 10.1. The number of nitrogens with zero attached hydrogens (tertiary/aromatic N) is 6. The SMILES string of the molecule is O=C(Nc1cnnc(OC[C@H](O)CO)c1)N1c2nc(-c3cccc(C(F)(F)F)c3)ncc2N2CC[C@H]1C2. The van der Waals surface area contributed by atoms with Crippen LogP contribution in [-0.2, 0) is 6.18 Å². The summed E-state index contributed by atoms with van der Waals surface area (Å²) < 4.78 is 45.0. The van der Waals surface area contributed by atoms with Crippen molar-refractivity contribution in [2.75, 3.05) is 41.4 Å². The van der Waals surface area contributed by atoms with Crippen LogP contribution in [0.25, 0.3) is 11.4 Å². The number of ether oxygens (including phenoxy) is 1. The normalized spacial score (nSPS) is 17.4. The first-order valence-electron chi connectivity index (χ1n) is 11.4. The summed E-state index contributed by atoms with van der Waals surface area (Å²) in [5.41, 5.74) is 0.229. The highest BCUT2D eigenvalue weighted by Crippen LogP contribution is 2.40. The van der Waals surface area contributed by atoms with E-state index in [0.29, 0.717) is 31.0 Å². The molecule has 2 aliphatic rings. The molecule has 2 aromatic heterocycles. The summed E-state index contributed by atoms with van der Waals surface area (Å²) in [6.07, 6.45) is -2.11. The molecule has 2 bridgehead atoms. The van der Waals surface area contributed by atoms with Gasteiger partial charge in [-0.2, -0.15) is 18.3 Å². The number of rotatable bonds is 6. The van der Waals surface area contributed by atoms with Crippen LogP contribution in [0.3, 0.4) is 0 Å². The van der Waals surface area contributed by atoms with E-state index in [-0.39, 0.29) is 35.6 Å². The van der Waals surface area contributed by atoms with Gasteiger partial charge in [0.25, 0.3) is 0 Å². The molecule has 0 spiro atoms. The molecule has 2 atom stereocenters. The molecular formula is C23H22F3N7O4. The van der Waals surface area contributed by atoms with Gasteiger partial charge in [0, 0.05) is 24.7 Å². The lowest BCUT2D eigenvalue weighted by Crippen LogP contribution is -2.48. The Balaban J connectivity index is 1.42. The van der Waals surface area contributed by atoms with Crippen LogP contribution in [-0.4, -0.2) is 74.9 Å². The number of nitrogens with one attached hydrogen (secondary N) is 1. The Bertz CT molecular complexity index is 1310. The van der Waals surface area contributed by atoms with Gasteiger partial charge >= 0.3 is 12.2 Å². The molecule has 5 rings (SSSR count). The number of carbonyl (C=O) groups excluding carboxylic acids is 1. The van der Waals surface area contributed by atoms with Crippen molar-refractivity contribution in [3.05, 3.63) is 48.3 Å². The quantitative estimate of drug-likeness (QED) is 0.450. The Morgan fingerprint density at radius 1 is 1.27 bits per heavy atom. The second-order valence-electron chi connectivity index (χ2n) is 8.60. The van der Waals surface area contributed by atoms with Crippen LogP contribution in [0.4, 0.5) is 35.2 Å². The molecule has 0 radical (unpaired) electrons. The molecule has 11 nitrogen and oxygen atoms in total. The van der Waals surface area contributed by atoms with Gasteiger partial charge in [-0.05, 0) is 18.6 Å². The molecule has 194 valence electrons. The second-order valence-corrected chi connectivity index (χ2v) is 8.60. The van der Waals surface area contributed by atoms with Crippen LogP contribution in [0.15, 0.2) is 42.7 Å². The average Bonchev–Trinajstić information content (AvgIpc) is 3.31. The minimum Gasteiger partial charge on any atom is -0.474 e. The topological polar surface area (TPSA) is 137 Å². The van der Waals surface area contributed by atoms with Crippen molar-refractivity contribution in [2.45, 2.75) is 24.7 Å². The van der Waals surface area contributed by atoms with E-state index in [9.17, 15) is 23.1 Å². The monoisotopic (exact) mass is 517 g/mol. The molecule has 3 aromatic rings. The van der Waals surface area contributed by atoms with Gasteiger partial charge in [0.15, 0.2) is 11.6 Å². The third kappa shape index (κ3) is 5.11. The van der Waals surface area contributed by atoms with Gasteiger partial charge in [-0.3, -0.25) is 4.90 Å². The number of aromatic nitrogens is 4. The maximum atomic E-state index is 13.4. The molecule has 3 N–H and O–H groups in total. The largest absolute Gasteiger partial charge is 0.474 e. The molecule has 1 fully saturated rings. The summed E-state index contributed by atoms with van der Waals surface area (Å²) in [6.45, 7) is 0.542. The summed E-state index contributed by atoms with van der Waals surface area (Å²) >= 11 is 0. The first kappa shape index (κ1) is 24.6. The third-order valence-corrected chi connectivity index (χ3v) is 6.03. The zero-order chi connectivity index (χ0) is 26.2.